The zero-order valence-electron chi connectivity index (χ0n) is 9.43. The summed E-state index contributed by atoms with van der Waals surface area (Å²) >= 11 is 0. The maximum Gasteiger partial charge on any atom is 0.292 e. The van der Waals surface area contributed by atoms with E-state index >= 15 is 0 Å². The van der Waals surface area contributed by atoms with Crippen molar-refractivity contribution in [2.24, 2.45) is 0 Å². The third-order valence-electron chi connectivity index (χ3n) is 2.26. The maximum absolute atomic E-state index is 11.8. The SMILES string of the molecule is CCc1ccc(C(=O)Nc2ccc(N)cn2)o1. The molecule has 0 saturated heterocycles. The van der Waals surface area contributed by atoms with Crippen LogP contribution < -0.4 is 11.1 Å². The molecule has 88 valence electrons. The number of pyridine rings is 1. The van der Waals surface area contributed by atoms with E-state index in [1.807, 2.05) is 6.92 Å². The highest BCUT2D eigenvalue weighted by molar-refractivity contribution is 6.01. The highest BCUT2D eigenvalue weighted by Gasteiger charge is 2.11. The van der Waals surface area contributed by atoms with Crippen molar-refractivity contribution >= 4 is 17.4 Å². The van der Waals surface area contributed by atoms with Crippen molar-refractivity contribution in [3.63, 3.8) is 0 Å². The summed E-state index contributed by atoms with van der Waals surface area (Å²) < 4.78 is 5.33. The van der Waals surface area contributed by atoms with Crippen molar-refractivity contribution < 1.29 is 9.21 Å². The third kappa shape index (κ3) is 2.63. The predicted molar refractivity (Wildman–Crippen MR) is 64.7 cm³/mol. The van der Waals surface area contributed by atoms with Crippen LogP contribution in [0.2, 0.25) is 0 Å². The Bertz CT molecular complexity index is 517. The molecule has 0 fully saturated rings. The molecule has 2 aromatic rings. The fourth-order valence-electron chi connectivity index (χ4n) is 1.35. The van der Waals surface area contributed by atoms with Crippen molar-refractivity contribution in [2.75, 3.05) is 11.1 Å². The van der Waals surface area contributed by atoms with E-state index in [9.17, 15) is 4.79 Å². The largest absolute Gasteiger partial charge is 0.456 e. The van der Waals surface area contributed by atoms with Gasteiger partial charge in [0, 0.05) is 6.42 Å². The smallest absolute Gasteiger partial charge is 0.292 e. The number of hydrogen-bond acceptors (Lipinski definition) is 4. The van der Waals surface area contributed by atoms with Crippen molar-refractivity contribution in [2.45, 2.75) is 13.3 Å². The molecule has 2 rings (SSSR count). The summed E-state index contributed by atoms with van der Waals surface area (Å²) in [7, 11) is 0. The van der Waals surface area contributed by atoms with Gasteiger partial charge in [0.1, 0.15) is 11.6 Å². The number of aryl methyl sites for hydroxylation is 1. The standard InChI is InChI=1S/C12H13N3O2/c1-2-9-4-5-10(17-9)12(16)15-11-6-3-8(13)7-14-11/h3-7H,2,13H2,1H3,(H,14,15,16). The Kier molecular flexibility index (Phi) is 3.09. The highest BCUT2D eigenvalue weighted by Crippen LogP contribution is 2.11. The van der Waals surface area contributed by atoms with Crippen molar-refractivity contribution in [1.82, 2.24) is 4.98 Å². The molecule has 3 N–H and O–H groups in total. The van der Waals surface area contributed by atoms with Crippen LogP contribution in [-0.4, -0.2) is 10.9 Å². The lowest BCUT2D eigenvalue weighted by Gasteiger charge is -2.02. The summed E-state index contributed by atoms with van der Waals surface area (Å²) in [5.74, 6) is 1.18. The third-order valence-corrected chi connectivity index (χ3v) is 2.26. The molecule has 0 aromatic carbocycles. The van der Waals surface area contributed by atoms with E-state index in [2.05, 4.69) is 10.3 Å². The molecule has 0 aliphatic carbocycles. The summed E-state index contributed by atoms with van der Waals surface area (Å²) in [5, 5.41) is 2.62. The van der Waals surface area contributed by atoms with Crippen molar-refractivity contribution in [1.29, 1.82) is 0 Å². The second-order valence-electron chi connectivity index (χ2n) is 3.55. The number of nitrogen functional groups attached to an aromatic ring is 1. The van der Waals surface area contributed by atoms with Gasteiger partial charge in [0.25, 0.3) is 5.91 Å². The van der Waals surface area contributed by atoms with Gasteiger partial charge < -0.3 is 15.5 Å². The Hall–Kier alpha value is -2.30. The molecule has 5 nitrogen and oxygen atoms in total. The number of anilines is 2. The Labute approximate surface area is 98.6 Å². The Balaban J connectivity index is 2.08. The van der Waals surface area contributed by atoms with E-state index in [4.69, 9.17) is 10.2 Å². The number of carbonyl (C=O) groups excluding carboxylic acids is 1. The summed E-state index contributed by atoms with van der Waals surface area (Å²) in [4.78, 5) is 15.7. The molecule has 0 saturated carbocycles. The van der Waals surface area contributed by atoms with E-state index in [0.29, 0.717) is 11.5 Å². The number of carbonyl (C=O) groups is 1. The number of nitrogens with two attached hydrogens (primary N) is 1. The zero-order chi connectivity index (χ0) is 12.3. The van der Waals surface area contributed by atoms with Crippen LogP contribution in [0.5, 0.6) is 0 Å². The van der Waals surface area contributed by atoms with Crippen LogP contribution in [0.3, 0.4) is 0 Å². The first-order chi connectivity index (χ1) is 8.19. The average Bonchev–Trinajstić information content (AvgIpc) is 2.81. The minimum atomic E-state index is -0.318. The van der Waals surface area contributed by atoms with Gasteiger partial charge in [-0.25, -0.2) is 4.98 Å². The molecule has 1 amide bonds. The molecule has 0 unspecified atom stereocenters. The molecule has 0 spiro atoms. The normalized spacial score (nSPS) is 10.2. The molecule has 0 aliphatic heterocycles. The van der Waals surface area contributed by atoms with Crippen LogP contribution in [0.4, 0.5) is 11.5 Å². The van der Waals surface area contributed by atoms with Gasteiger partial charge in [0.05, 0.1) is 11.9 Å². The van der Waals surface area contributed by atoms with E-state index in [0.717, 1.165) is 12.2 Å². The quantitative estimate of drug-likeness (QED) is 0.847. The topological polar surface area (TPSA) is 81.2 Å². The van der Waals surface area contributed by atoms with Crippen LogP contribution >= 0.6 is 0 Å². The summed E-state index contributed by atoms with van der Waals surface area (Å²) in [6.45, 7) is 1.96. The van der Waals surface area contributed by atoms with Crippen LogP contribution in [0.1, 0.15) is 23.2 Å². The lowest BCUT2D eigenvalue weighted by molar-refractivity contribution is 0.0994. The van der Waals surface area contributed by atoms with E-state index in [1.54, 1.807) is 24.3 Å². The lowest BCUT2D eigenvalue weighted by atomic mass is 10.3. The molecule has 2 aromatic heterocycles. The Morgan fingerprint density at radius 2 is 2.24 bits per heavy atom. The molecule has 0 aliphatic rings. The monoisotopic (exact) mass is 231 g/mol. The van der Waals surface area contributed by atoms with Crippen molar-refractivity contribution in [3.05, 3.63) is 42.0 Å². The van der Waals surface area contributed by atoms with E-state index in [-0.39, 0.29) is 11.7 Å². The van der Waals surface area contributed by atoms with Gasteiger partial charge in [0.2, 0.25) is 0 Å². The fourth-order valence-corrected chi connectivity index (χ4v) is 1.35. The zero-order valence-corrected chi connectivity index (χ0v) is 9.43. The number of rotatable bonds is 3. The molecule has 0 bridgehead atoms. The van der Waals surface area contributed by atoms with Crippen LogP contribution in [0.15, 0.2) is 34.9 Å². The molecule has 0 radical (unpaired) electrons. The van der Waals surface area contributed by atoms with Gasteiger partial charge in [-0.3, -0.25) is 4.79 Å². The maximum atomic E-state index is 11.8. The second kappa shape index (κ2) is 4.69. The number of aromatic nitrogens is 1. The molecule has 0 atom stereocenters. The number of amides is 1. The minimum absolute atomic E-state index is 0.278. The van der Waals surface area contributed by atoms with Crippen LogP contribution in [0, 0.1) is 0 Å². The molecule has 17 heavy (non-hydrogen) atoms. The number of nitrogens with zero attached hydrogens (tertiary/aromatic N) is 1. The van der Waals surface area contributed by atoms with E-state index < -0.39 is 0 Å². The average molecular weight is 231 g/mol. The first-order valence-electron chi connectivity index (χ1n) is 5.30. The van der Waals surface area contributed by atoms with Gasteiger partial charge in [-0.05, 0) is 24.3 Å². The second-order valence-corrected chi connectivity index (χ2v) is 3.55. The Morgan fingerprint density at radius 1 is 1.41 bits per heavy atom. The Morgan fingerprint density at radius 3 is 2.82 bits per heavy atom. The number of hydrogen-bond donors (Lipinski definition) is 2. The highest BCUT2D eigenvalue weighted by atomic mass is 16.3. The first-order valence-corrected chi connectivity index (χ1v) is 5.30. The van der Waals surface area contributed by atoms with Gasteiger partial charge in [-0.1, -0.05) is 6.92 Å². The lowest BCUT2D eigenvalue weighted by Crippen LogP contribution is -2.12. The van der Waals surface area contributed by atoms with Gasteiger partial charge in [0.15, 0.2) is 5.76 Å². The van der Waals surface area contributed by atoms with E-state index in [1.165, 1.54) is 6.20 Å². The summed E-state index contributed by atoms with van der Waals surface area (Å²) in [6.07, 6.45) is 2.24. The van der Waals surface area contributed by atoms with Gasteiger partial charge >= 0.3 is 0 Å². The fraction of sp³-hybridized carbons (Fsp3) is 0.167. The molecular formula is C12H13N3O2. The molecular weight excluding hydrogens is 218 g/mol. The van der Waals surface area contributed by atoms with Gasteiger partial charge in [-0.15, -0.1) is 0 Å². The first kappa shape index (κ1) is 11.2. The minimum Gasteiger partial charge on any atom is -0.456 e. The predicted octanol–water partition coefficient (Wildman–Crippen LogP) is 2.07. The number of furan rings is 1. The van der Waals surface area contributed by atoms with Crippen molar-refractivity contribution in [3.8, 4) is 0 Å². The molecule has 5 heteroatoms. The molecule has 2 heterocycles. The van der Waals surface area contributed by atoms with Crippen LogP contribution in [-0.2, 0) is 6.42 Å². The summed E-state index contributed by atoms with van der Waals surface area (Å²) in [6, 6.07) is 6.73. The van der Waals surface area contributed by atoms with Crippen LogP contribution in [0.25, 0.3) is 0 Å². The van der Waals surface area contributed by atoms with Gasteiger partial charge in [-0.2, -0.15) is 0 Å². The number of nitrogens with one attached hydrogen (secondary N) is 1. The summed E-state index contributed by atoms with van der Waals surface area (Å²) in [5.41, 5.74) is 6.05.